The standard InChI is InChI=1S/C27H18F3N3/c1-4-18-15-14-17(3)16-21(18)23(5-2)31-26-20-11-7-9-13-24(20)32-25(33-26)19-10-6-8-12-22(19)27(28,29)30/h1,6-16H,2H2,3H3,(H,31,32,33). The fraction of sp³-hybridized carbons (Fsp3) is 0.0741. The Balaban J connectivity index is 1.91. The van der Waals surface area contributed by atoms with Crippen molar-refractivity contribution in [2.45, 2.75) is 13.1 Å². The van der Waals surface area contributed by atoms with Crippen LogP contribution < -0.4 is 5.32 Å². The number of nitrogens with one attached hydrogen (secondary N) is 1. The van der Waals surface area contributed by atoms with Crippen molar-refractivity contribution in [3.63, 3.8) is 0 Å². The summed E-state index contributed by atoms with van der Waals surface area (Å²) < 4.78 is 40.9. The molecule has 0 aliphatic heterocycles. The highest BCUT2D eigenvalue weighted by Gasteiger charge is 2.34. The first-order chi connectivity index (χ1) is 15.8. The van der Waals surface area contributed by atoms with E-state index in [1.54, 1.807) is 24.3 Å². The van der Waals surface area contributed by atoms with Gasteiger partial charge in [0.15, 0.2) is 5.82 Å². The van der Waals surface area contributed by atoms with Crippen molar-refractivity contribution in [3.05, 3.63) is 101 Å². The molecule has 33 heavy (non-hydrogen) atoms. The summed E-state index contributed by atoms with van der Waals surface area (Å²) in [7, 11) is 0. The first kappa shape index (κ1) is 21.9. The van der Waals surface area contributed by atoms with Gasteiger partial charge in [-0.25, -0.2) is 9.97 Å². The number of nitrogens with zero attached hydrogens (tertiary/aromatic N) is 2. The zero-order chi connectivity index (χ0) is 23.6. The number of aromatic nitrogens is 2. The quantitative estimate of drug-likeness (QED) is 0.278. The molecule has 1 heterocycles. The first-order valence-electron chi connectivity index (χ1n) is 10.00. The molecule has 3 nitrogen and oxygen atoms in total. The van der Waals surface area contributed by atoms with E-state index in [0.717, 1.165) is 11.6 Å². The molecule has 0 saturated carbocycles. The number of hydrogen-bond donors (Lipinski definition) is 1. The second kappa shape index (κ2) is 8.66. The fourth-order valence-corrected chi connectivity index (χ4v) is 3.53. The van der Waals surface area contributed by atoms with E-state index in [1.165, 1.54) is 18.2 Å². The molecule has 6 heteroatoms. The molecule has 1 N–H and O–H groups in total. The molecule has 0 saturated heterocycles. The van der Waals surface area contributed by atoms with Gasteiger partial charge in [-0.2, -0.15) is 13.2 Å². The van der Waals surface area contributed by atoms with Gasteiger partial charge in [-0.1, -0.05) is 54.5 Å². The van der Waals surface area contributed by atoms with E-state index < -0.39 is 11.7 Å². The SMILES string of the molecule is C#Cc1ccc(C)cc1C(=C=C)Nc1nc(-c2ccccc2C(F)(F)F)nc2ccccc12. The molecule has 0 bridgehead atoms. The Morgan fingerprint density at radius 2 is 1.73 bits per heavy atom. The van der Waals surface area contributed by atoms with E-state index in [9.17, 15) is 13.2 Å². The maximum Gasteiger partial charge on any atom is 0.417 e. The van der Waals surface area contributed by atoms with Gasteiger partial charge in [-0.05, 0) is 37.3 Å². The van der Waals surface area contributed by atoms with Gasteiger partial charge in [0.1, 0.15) is 5.82 Å². The van der Waals surface area contributed by atoms with Crippen molar-refractivity contribution in [1.82, 2.24) is 9.97 Å². The van der Waals surface area contributed by atoms with Gasteiger partial charge < -0.3 is 5.32 Å². The summed E-state index contributed by atoms with van der Waals surface area (Å²) in [6.45, 7) is 5.69. The van der Waals surface area contributed by atoms with Crippen molar-refractivity contribution >= 4 is 22.4 Å². The Morgan fingerprint density at radius 3 is 2.45 bits per heavy atom. The largest absolute Gasteiger partial charge is 0.417 e. The minimum Gasteiger partial charge on any atom is -0.333 e. The minimum absolute atomic E-state index is 0.0473. The number of alkyl halides is 3. The van der Waals surface area contributed by atoms with E-state index in [2.05, 4.69) is 33.5 Å². The lowest BCUT2D eigenvalue weighted by molar-refractivity contribution is -0.137. The minimum atomic E-state index is -4.55. The highest BCUT2D eigenvalue weighted by molar-refractivity contribution is 5.95. The molecule has 0 unspecified atom stereocenters. The summed E-state index contributed by atoms with van der Waals surface area (Å²) in [6.07, 6.45) is 1.12. The lowest BCUT2D eigenvalue weighted by Crippen LogP contribution is -2.09. The van der Waals surface area contributed by atoms with Gasteiger partial charge in [0.2, 0.25) is 0 Å². The van der Waals surface area contributed by atoms with Crippen molar-refractivity contribution in [2.75, 3.05) is 5.32 Å². The van der Waals surface area contributed by atoms with Crippen LogP contribution in [0.15, 0.2) is 79.0 Å². The number of anilines is 1. The number of rotatable bonds is 4. The van der Waals surface area contributed by atoms with Crippen LogP contribution in [0.2, 0.25) is 0 Å². The number of terminal acetylenes is 1. The Labute approximate surface area is 189 Å². The van der Waals surface area contributed by atoms with Crippen LogP contribution in [0, 0.1) is 19.3 Å². The normalized spacial score (nSPS) is 11.0. The van der Waals surface area contributed by atoms with Gasteiger partial charge in [-0.15, -0.1) is 12.2 Å². The second-order valence-corrected chi connectivity index (χ2v) is 7.33. The van der Waals surface area contributed by atoms with Crippen LogP contribution in [0.1, 0.15) is 22.3 Å². The Morgan fingerprint density at radius 1 is 1.00 bits per heavy atom. The maximum absolute atomic E-state index is 13.6. The number of aryl methyl sites for hydroxylation is 1. The number of fused-ring (bicyclic) bond motifs is 1. The molecule has 0 aliphatic rings. The van der Waals surface area contributed by atoms with E-state index >= 15 is 0 Å². The first-order valence-corrected chi connectivity index (χ1v) is 10.00. The molecule has 0 atom stereocenters. The third kappa shape index (κ3) is 4.36. The molecular weight excluding hydrogens is 423 g/mol. The smallest absolute Gasteiger partial charge is 0.333 e. The monoisotopic (exact) mass is 441 g/mol. The molecule has 1 aromatic heterocycles. The van der Waals surface area contributed by atoms with Crippen LogP contribution in [0.3, 0.4) is 0 Å². The second-order valence-electron chi connectivity index (χ2n) is 7.33. The predicted octanol–water partition coefficient (Wildman–Crippen LogP) is 6.84. The molecule has 4 rings (SSSR count). The molecule has 4 aromatic rings. The van der Waals surface area contributed by atoms with Gasteiger partial charge in [0, 0.05) is 22.1 Å². The average molecular weight is 441 g/mol. The van der Waals surface area contributed by atoms with Gasteiger partial charge >= 0.3 is 6.18 Å². The van der Waals surface area contributed by atoms with Crippen LogP contribution in [0.4, 0.5) is 19.0 Å². The predicted molar refractivity (Wildman–Crippen MR) is 125 cm³/mol. The molecule has 0 fully saturated rings. The summed E-state index contributed by atoms with van der Waals surface area (Å²) in [5.41, 5.74) is 5.18. The van der Waals surface area contributed by atoms with Gasteiger partial charge in [0.25, 0.3) is 0 Å². The highest BCUT2D eigenvalue weighted by Crippen LogP contribution is 2.37. The lowest BCUT2D eigenvalue weighted by Gasteiger charge is -2.16. The molecule has 3 aromatic carbocycles. The van der Waals surface area contributed by atoms with E-state index in [0.29, 0.717) is 33.5 Å². The Kier molecular flexibility index (Phi) is 5.74. The third-order valence-electron chi connectivity index (χ3n) is 5.10. The molecule has 162 valence electrons. The Hall–Kier alpha value is -4.33. The van der Waals surface area contributed by atoms with Crippen molar-refractivity contribution < 1.29 is 13.2 Å². The topological polar surface area (TPSA) is 37.8 Å². The molecule has 0 aliphatic carbocycles. The number of hydrogen-bond acceptors (Lipinski definition) is 3. The molecule has 0 radical (unpaired) electrons. The van der Waals surface area contributed by atoms with Gasteiger partial charge in [-0.3, -0.25) is 0 Å². The van der Waals surface area contributed by atoms with E-state index in [-0.39, 0.29) is 11.4 Å². The zero-order valence-corrected chi connectivity index (χ0v) is 17.7. The van der Waals surface area contributed by atoms with Crippen LogP contribution >= 0.6 is 0 Å². The number of halogens is 3. The molecular formula is C27H18F3N3. The van der Waals surface area contributed by atoms with Crippen molar-refractivity contribution in [2.24, 2.45) is 0 Å². The summed E-state index contributed by atoms with van der Waals surface area (Å²) in [5, 5.41) is 3.81. The maximum atomic E-state index is 13.6. The highest BCUT2D eigenvalue weighted by atomic mass is 19.4. The van der Waals surface area contributed by atoms with Crippen molar-refractivity contribution in [3.8, 4) is 23.7 Å². The zero-order valence-electron chi connectivity index (χ0n) is 17.7. The number of para-hydroxylation sites is 1. The van der Waals surface area contributed by atoms with Crippen LogP contribution in [0.5, 0.6) is 0 Å². The third-order valence-corrected chi connectivity index (χ3v) is 5.10. The number of benzene rings is 3. The summed E-state index contributed by atoms with van der Waals surface area (Å²) in [5.74, 6) is 2.91. The van der Waals surface area contributed by atoms with E-state index in [1.807, 2.05) is 25.1 Å². The van der Waals surface area contributed by atoms with Crippen LogP contribution in [-0.2, 0) is 6.18 Å². The van der Waals surface area contributed by atoms with Crippen molar-refractivity contribution in [1.29, 1.82) is 0 Å². The average Bonchev–Trinajstić information content (AvgIpc) is 2.81. The Bertz CT molecular complexity index is 1460. The fourth-order valence-electron chi connectivity index (χ4n) is 3.53. The summed E-state index contributed by atoms with van der Waals surface area (Å²) in [4.78, 5) is 8.88. The summed E-state index contributed by atoms with van der Waals surface area (Å²) in [6, 6.07) is 17.9. The lowest BCUT2D eigenvalue weighted by atomic mass is 10.0. The molecule has 0 spiro atoms. The van der Waals surface area contributed by atoms with Gasteiger partial charge in [0.05, 0.1) is 16.8 Å². The van der Waals surface area contributed by atoms with Crippen LogP contribution in [-0.4, -0.2) is 9.97 Å². The van der Waals surface area contributed by atoms with Crippen LogP contribution in [0.25, 0.3) is 28.0 Å². The summed E-state index contributed by atoms with van der Waals surface area (Å²) >= 11 is 0. The molecule has 0 amide bonds. The van der Waals surface area contributed by atoms with E-state index in [4.69, 9.17) is 6.42 Å².